The van der Waals surface area contributed by atoms with Crippen molar-refractivity contribution in [1.82, 2.24) is 0 Å². The van der Waals surface area contributed by atoms with E-state index in [1.165, 1.54) is 13.8 Å². The maximum Gasteiger partial charge on any atom is 0.234 e. The number of hydrogen-bond acceptors (Lipinski definition) is 3. The van der Waals surface area contributed by atoms with Crippen LogP contribution in [0.25, 0.3) is 0 Å². The van der Waals surface area contributed by atoms with Gasteiger partial charge in [-0.15, -0.1) is 0 Å². The Morgan fingerprint density at radius 1 is 1.50 bits per heavy atom. The molecule has 0 rings (SSSR count). The molecule has 3 nitrogen and oxygen atoms in total. The Kier molecular flexibility index (Phi) is 3.12. The second-order valence-electron chi connectivity index (χ2n) is 2.29. The lowest BCUT2D eigenvalue weighted by Crippen LogP contribution is -2.26. The molecule has 0 aromatic carbocycles. The van der Waals surface area contributed by atoms with Crippen LogP contribution in [0.2, 0.25) is 0 Å². The highest BCUT2D eigenvalue weighted by atomic mass is 35.5. The monoisotopic (exact) mass is 183 g/mol. The molecule has 0 fully saturated rings. The number of carbonyl (C=O) groups is 1. The van der Waals surface area contributed by atoms with Crippen molar-refractivity contribution in [2.45, 2.75) is 13.8 Å². The highest BCUT2D eigenvalue weighted by Gasteiger charge is 2.31. The third-order valence-corrected chi connectivity index (χ3v) is 2.12. The minimum Gasteiger partial charge on any atom is -0.410 e. The van der Waals surface area contributed by atoms with Gasteiger partial charge in [-0.25, -0.2) is 0 Å². The number of rotatable bonds is 2. The number of hydrogen-bond donors (Lipinski definition) is 1. The van der Waals surface area contributed by atoms with E-state index in [9.17, 15) is 4.79 Å². The van der Waals surface area contributed by atoms with Crippen LogP contribution in [0.3, 0.4) is 0 Å². The number of nitrogens with zero attached hydrogens (tertiary/aromatic N) is 1. The first-order chi connectivity index (χ1) is 4.42. The molecule has 0 bridgehead atoms. The lowest BCUT2D eigenvalue weighted by atomic mass is 9.97. The molecule has 0 amide bonds. The minimum atomic E-state index is -1.10. The Morgan fingerprint density at radius 3 is 2.00 bits per heavy atom. The van der Waals surface area contributed by atoms with Crippen LogP contribution >= 0.6 is 23.2 Å². The van der Waals surface area contributed by atoms with Gasteiger partial charge < -0.3 is 5.21 Å². The van der Waals surface area contributed by atoms with Crippen molar-refractivity contribution >= 4 is 33.6 Å². The zero-order valence-electron chi connectivity index (χ0n) is 5.56. The summed E-state index contributed by atoms with van der Waals surface area (Å²) >= 11 is 10.5. The van der Waals surface area contributed by atoms with Gasteiger partial charge in [-0.1, -0.05) is 16.8 Å². The zero-order chi connectivity index (χ0) is 8.36. The second-order valence-corrected chi connectivity index (χ2v) is 2.99. The van der Waals surface area contributed by atoms with Gasteiger partial charge in [0.05, 0.1) is 5.41 Å². The Labute approximate surface area is 68.6 Å². The van der Waals surface area contributed by atoms with Gasteiger partial charge >= 0.3 is 0 Å². The summed E-state index contributed by atoms with van der Waals surface area (Å²) in [7, 11) is 0. The average Bonchev–Trinajstić information content (AvgIpc) is 1.86. The van der Waals surface area contributed by atoms with Gasteiger partial charge in [-0.05, 0) is 25.4 Å². The van der Waals surface area contributed by atoms with Crippen LogP contribution < -0.4 is 0 Å². The maximum absolute atomic E-state index is 10.6. The van der Waals surface area contributed by atoms with Crippen LogP contribution in [-0.2, 0) is 4.79 Å². The van der Waals surface area contributed by atoms with Crippen molar-refractivity contribution in [2.24, 2.45) is 10.6 Å². The summed E-state index contributed by atoms with van der Waals surface area (Å²) in [6.07, 6.45) is 0. The molecule has 58 valence electrons. The molecule has 0 aliphatic carbocycles. The lowest BCUT2D eigenvalue weighted by molar-refractivity contribution is -0.116. The molecule has 1 N–H and O–H groups in total. The normalized spacial score (nSPS) is 13.4. The largest absolute Gasteiger partial charge is 0.410 e. The van der Waals surface area contributed by atoms with E-state index in [1.807, 2.05) is 0 Å². The molecular formula is C5H7Cl2NO2. The highest BCUT2D eigenvalue weighted by Crippen LogP contribution is 2.23. The van der Waals surface area contributed by atoms with Crippen molar-refractivity contribution in [3.63, 3.8) is 0 Å². The van der Waals surface area contributed by atoms with Gasteiger partial charge in [-0.3, -0.25) is 4.79 Å². The molecule has 0 aliphatic rings. The fourth-order valence-electron chi connectivity index (χ4n) is 0.206. The third-order valence-electron chi connectivity index (χ3n) is 1.09. The molecule has 5 heteroatoms. The third kappa shape index (κ3) is 1.85. The van der Waals surface area contributed by atoms with Crippen LogP contribution in [-0.4, -0.2) is 15.6 Å². The van der Waals surface area contributed by atoms with Gasteiger partial charge in [0.2, 0.25) is 5.24 Å². The summed E-state index contributed by atoms with van der Waals surface area (Å²) in [5.41, 5.74) is -1.10. The molecule has 0 heterocycles. The van der Waals surface area contributed by atoms with Gasteiger partial charge in [-0.2, -0.15) is 0 Å². The van der Waals surface area contributed by atoms with Crippen LogP contribution in [0.1, 0.15) is 13.8 Å². The second kappa shape index (κ2) is 3.21. The van der Waals surface area contributed by atoms with Gasteiger partial charge in [0.15, 0.2) is 5.17 Å². The number of carbonyl (C=O) groups excluding carboxylic acids is 1. The predicted molar refractivity (Wildman–Crippen MR) is 39.7 cm³/mol. The molecule has 0 saturated carbocycles. The number of oxime groups is 1. The fourth-order valence-corrected chi connectivity index (χ4v) is 0.430. The van der Waals surface area contributed by atoms with Gasteiger partial charge in [0, 0.05) is 0 Å². The minimum absolute atomic E-state index is 0.215. The number of halogens is 2. The van der Waals surface area contributed by atoms with E-state index in [0.29, 0.717) is 0 Å². The van der Waals surface area contributed by atoms with E-state index in [0.717, 1.165) is 0 Å². The summed E-state index contributed by atoms with van der Waals surface area (Å²) in [5.74, 6) is 0. The van der Waals surface area contributed by atoms with Crippen LogP contribution in [0, 0.1) is 5.41 Å². The summed E-state index contributed by atoms with van der Waals surface area (Å²) in [6.45, 7) is 2.93. The predicted octanol–water partition coefficient (Wildman–Crippen LogP) is 1.80. The topological polar surface area (TPSA) is 49.7 Å². The van der Waals surface area contributed by atoms with Crippen LogP contribution in [0.5, 0.6) is 0 Å². The summed E-state index contributed by atoms with van der Waals surface area (Å²) in [6, 6.07) is 0. The summed E-state index contributed by atoms with van der Waals surface area (Å²) in [5, 5.41) is 9.95. The first kappa shape index (κ1) is 9.72. The highest BCUT2D eigenvalue weighted by molar-refractivity contribution is 6.75. The molecule has 0 atom stereocenters. The van der Waals surface area contributed by atoms with E-state index in [1.54, 1.807) is 0 Å². The van der Waals surface area contributed by atoms with Crippen LogP contribution in [0.15, 0.2) is 5.16 Å². The zero-order valence-corrected chi connectivity index (χ0v) is 7.07. The fraction of sp³-hybridized carbons (Fsp3) is 0.600. The molecule has 0 aliphatic heterocycles. The molecule has 0 aromatic rings. The van der Waals surface area contributed by atoms with Crippen LogP contribution in [0.4, 0.5) is 0 Å². The molecule has 0 radical (unpaired) electrons. The van der Waals surface area contributed by atoms with E-state index in [4.69, 9.17) is 28.4 Å². The standard InChI is InChI=1S/C5H7Cl2NO2/c1-5(2,4(7)9)3(6)8-10/h10H,1-2H3. The van der Waals surface area contributed by atoms with Crippen molar-refractivity contribution in [2.75, 3.05) is 0 Å². The first-order valence-electron chi connectivity index (χ1n) is 2.51. The van der Waals surface area contributed by atoms with E-state index in [-0.39, 0.29) is 5.17 Å². The van der Waals surface area contributed by atoms with E-state index in [2.05, 4.69) is 5.16 Å². The maximum atomic E-state index is 10.6. The molecule has 0 saturated heterocycles. The Hall–Kier alpha value is -0.280. The summed E-state index contributed by atoms with van der Waals surface area (Å²) in [4.78, 5) is 10.6. The van der Waals surface area contributed by atoms with Gasteiger partial charge in [0.25, 0.3) is 0 Å². The smallest absolute Gasteiger partial charge is 0.234 e. The van der Waals surface area contributed by atoms with Crippen molar-refractivity contribution < 1.29 is 10.0 Å². The van der Waals surface area contributed by atoms with Crippen molar-refractivity contribution in [1.29, 1.82) is 0 Å². The summed E-state index contributed by atoms with van der Waals surface area (Å²) < 4.78 is 0. The molecule has 0 aromatic heterocycles. The van der Waals surface area contributed by atoms with E-state index < -0.39 is 10.7 Å². The van der Waals surface area contributed by atoms with Gasteiger partial charge in [0.1, 0.15) is 0 Å². The Morgan fingerprint density at radius 2 is 1.90 bits per heavy atom. The molecule has 0 spiro atoms. The van der Waals surface area contributed by atoms with Crippen molar-refractivity contribution in [3.05, 3.63) is 0 Å². The molecular weight excluding hydrogens is 177 g/mol. The van der Waals surface area contributed by atoms with E-state index >= 15 is 0 Å². The average molecular weight is 184 g/mol. The Bertz CT molecular complexity index is 176. The first-order valence-corrected chi connectivity index (χ1v) is 3.26. The molecule has 0 unspecified atom stereocenters. The quantitative estimate of drug-likeness (QED) is 0.308. The lowest BCUT2D eigenvalue weighted by Gasteiger charge is -2.14. The molecule has 10 heavy (non-hydrogen) atoms. The Balaban J connectivity index is 4.56. The van der Waals surface area contributed by atoms with Crippen molar-refractivity contribution in [3.8, 4) is 0 Å². The SMILES string of the molecule is CC(C)(C(=O)Cl)C(Cl)=NO.